The molecule has 0 aliphatic rings. The number of rotatable bonds is 9. The molecule has 0 saturated carbocycles. The number of halogens is 1. The van der Waals surface area contributed by atoms with Crippen LogP contribution in [0.1, 0.15) is 31.2 Å². The van der Waals surface area contributed by atoms with Crippen molar-refractivity contribution in [2.24, 2.45) is 5.73 Å². The second kappa shape index (κ2) is 11.6. The Hall–Kier alpha value is -0.910. The zero-order valence-electron chi connectivity index (χ0n) is 13.5. The van der Waals surface area contributed by atoms with E-state index in [2.05, 4.69) is 24.4 Å². The van der Waals surface area contributed by atoms with Crippen LogP contribution in [0.25, 0.3) is 0 Å². The first-order chi connectivity index (χ1) is 10.1. The Balaban J connectivity index is 0.00000441. The van der Waals surface area contributed by atoms with Crippen molar-refractivity contribution >= 4 is 30.1 Å². The number of ether oxygens (including phenoxy) is 1. The van der Waals surface area contributed by atoms with Crippen molar-refractivity contribution in [2.75, 3.05) is 25.7 Å². The molecule has 0 heterocycles. The van der Waals surface area contributed by atoms with Gasteiger partial charge in [-0.15, -0.1) is 12.4 Å². The Morgan fingerprint density at radius 1 is 1.32 bits per heavy atom. The van der Waals surface area contributed by atoms with Crippen LogP contribution in [-0.4, -0.2) is 37.6 Å². The number of carbonyl (C=O) groups is 1. The summed E-state index contributed by atoms with van der Waals surface area (Å²) in [6, 6.07) is 7.66. The summed E-state index contributed by atoms with van der Waals surface area (Å²) < 4.78 is 5.15. The molecule has 1 rings (SSSR count). The highest BCUT2D eigenvalue weighted by Gasteiger charge is 2.13. The minimum atomic E-state index is -0.395. The third kappa shape index (κ3) is 7.38. The SMILES string of the molecule is COc1ccc(C(C)CCNC(=O)[C@@H](N)CCSC)cc1.Cl. The maximum atomic E-state index is 11.8. The molecule has 1 aromatic rings. The van der Waals surface area contributed by atoms with Gasteiger partial charge < -0.3 is 15.8 Å². The van der Waals surface area contributed by atoms with E-state index in [4.69, 9.17) is 10.5 Å². The minimum absolute atomic E-state index is 0. The van der Waals surface area contributed by atoms with Crippen LogP contribution < -0.4 is 15.8 Å². The van der Waals surface area contributed by atoms with E-state index >= 15 is 0 Å². The molecule has 6 heteroatoms. The molecular weight excluding hydrogens is 320 g/mol. The van der Waals surface area contributed by atoms with Crippen molar-refractivity contribution in [3.05, 3.63) is 29.8 Å². The molecule has 2 atom stereocenters. The zero-order chi connectivity index (χ0) is 15.7. The van der Waals surface area contributed by atoms with E-state index in [0.29, 0.717) is 12.5 Å². The molecule has 126 valence electrons. The number of thioether (sulfide) groups is 1. The van der Waals surface area contributed by atoms with Crippen LogP contribution in [0.2, 0.25) is 0 Å². The lowest BCUT2D eigenvalue weighted by atomic mass is 9.98. The maximum Gasteiger partial charge on any atom is 0.236 e. The number of nitrogens with one attached hydrogen (secondary N) is 1. The molecule has 4 nitrogen and oxygen atoms in total. The van der Waals surface area contributed by atoms with E-state index in [-0.39, 0.29) is 18.3 Å². The molecule has 0 aromatic heterocycles. The van der Waals surface area contributed by atoms with E-state index < -0.39 is 6.04 Å². The normalized spacial score (nSPS) is 12.9. The summed E-state index contributed by atoms with van der Waals surface area (Å²) in [7, 11) is 1.66. The van der Waals surface area contributed by atoms with Crippen LogP contribution in [0, 0.1) is 0 Å². The number of methoxy groups -OCH3 is 1. The summed E-state index contributed by atoms with van der Waals surface area (Å²) in [5, 5.41) is 2.92. The summed E-state index contributed by atoms with van der Waals surface area (Å²) >= 11 is 1.71. The molecule has 0 radical (unpaired) electrons. The highest BCUT2D eigenvalue weighted by molar-refractivity contribution is 7.98. The number of benzene rings is 1. The van der Waals surface area contributed by atoms with Gasteiger partial charge in [0.15, 0.2) is 0 Å². The second-order valence-electron chi connectivity index (χ2n) is 5.14. The monoisotopic (exact) mass is 346 g/mol. The van der Waals surface area contributed by atoms with Crippen molar-refractivity contribution in [2.45, 2.75) is 31.7 Å². The van der Waals surface area contributed by atoms with Gasteiger partial charge in [0.1, 0.15) is 5.75 Å². The molecule has 22 heavy (non-hydrogen) atoms. The molecule has 0 aliphatic carbocycles. The fourth-order valence-electron chi connectivity index (χ4n) is 2.02. The molecule has 1 aromatic carbocycles. The fourth-order valence-corrected chi connectivity index (χ4v) is 2.51. The van der Waals surface area contributed by atoms with Gasteiger partial charge in [0.05, 0.1) is 13.2 Å². The molecule has 0 fully saturated rings. The van der Waals surface area contributed by atoms with E-state index in [9.17, 15) is 4.79 Å². The first-order valence-corrected chi connectivity index (χ1v) is 8.64. The average molecular weight is 347 g/mol. The van der Waals surface area contributed by atoms with Crippen LogP contribution in [0.3, 0.4) is 0 Å². The second-order valence-corrected chi connectivity index (χ2v) is 6.13. The van der Waals surface area contributed by atoms with Crippen LogP contribution in [-0.2, 0) is 4.79 Å². The predicted molar refractivity (Wildman–Crippen MR) is 97.3 cm³/mol. The maximum absolute atomic E-state index is 11.8. The highest BCUT2D eigenvalue weighted by atomic mass is 35.5. The van der Waals surface area contributed by atoms with Crippen LogP contribution in [0.4, 0.5) is 0 Å². The van der Waals surface area contributed by atoms with Gasteiger partial charge in [-0.1, -0.05) is 19.1 Å². The van der Waals surface area contributed by atoms with Gasteiger partial charge in [-0.2, -0.15) is 11.8 Å². The molecule has 0 aliphatic heterocycles. The van der Waals surface area contributed by atoms with Gasteiger partial charge in [-0.3, -0.25) is 4.79 Å². The molecule has 1 unspecified atom stereocenters. The standard InChI is InChI=1S/C16H26N2O2S.ClH/c1-12(13-4-6-14(20-2)7-5-13)8-10-18-16(19)15(17)9-11-21-3;/h4-7,12,15H,8-11,17H2,1-3H3,(H,18,19);1H/t12?,15-;/m0./s1. The van der Waals surface area contributed by atoms with Crippen molar-refractivity contribution in [1.29, 1.82) is 0 Å². The van der Waals surface area contributed by atoms with Crippen molar-refractivity contribution in [1.82, 2.24) is 5.32 Å². The van der Waals surface area contributed by atoms with Crippen molar-refractivity contribution < 1.29 is 9.53 Å². The third-order valence-electron chi connectivity index (χ3n) is 3.53. The Bertz CT molecular complexity index is 429. The van der Waals surface area contributed by atoms with Gasteiger partial charge in [0.25, 0.3) is 0 Å². The van der Waals surface area contributed by atoms with Crippen molar-refractivity contribution in [3.63, 3.8) is 0 Å². The molecule has 0 spiro atoms. The number of carbonyl (C=O) groups excluding carboxylic acids is 1. The van der Waals surface area contributed by atoms with Gasteiger partial charge in [0, 0.05) is 6.54 Å². The lowest BCUT2D eigenvalue weighted by molar-refractivity contribution is -0.122. The highest BCUT2D eigenvalue weighted by Crippen LogP contribution is 2.21. The topological polar surface area (TPSA) is 64.3 Å². The zero-order valence-corrected chi connectivity index (χ0v) is 15.1. The van der Waals surface area contributed by atoms with Gasteiger partial charge in [-0.25, -0.2) is 0 Å². The summed E-state index contributed by atoms with van der Waals surface area (Å²) in [5.41, 5.74) is 7.07. The molecule has 3 N–H and O–H groups in total. The minimum Gasteiger partial charge on any atom is -0.497 e. The number of nitrogens with two attached hydrogens (primary N) is 1. The predicted octanol–water partition coefficient (Wildman–Crippen LogP) is 2.81. The van der Waals surface area contributed by atoms with E-state index in [1.165, 1.54) is 5.56 Å². The first-order valence-electron chi connectivity index (χ1n) is 7.24. The first kappa shape index (κ1) is 21.1. The Labute approximate surface area is 144 Å². The number of amides is 1. The van der Waals surface area contributed by atoms with Crippen LogP contribution >= 0.6 is 24.2 Å². The fraction of sp³-hybridized carbons (Fsp3) is 0.562. The van der Waals surface area contributed by atoms with E-state index in [1.807, 2.05) is 18.4 Å². The Morgan fingerprint density at radius 3 is 2.50 bits per heavy atom. The van der Waals surface area contributed by atoms with Gasteiger partial charge in [0.2, 0.25) is 5.91 Å². The van der Waals surface area contributed by atoms with Crippen molar-refractivity contribution in [3.8, 4) is 5.75 Å². The largest absolute Gasteiger partial charge is 0.497 e. The summed E-state index contributed by atoms with van der Waals surface area (Å²) in [5.74, 6) is 2.11. The van der Waals surface area contributed by atoms with Crippen LogP contribution in [0.5, 0.6) is 5.75 Å². The van der Waals surface area contributed by atoms with E-state index in [0.717, 1.165) is 24.3 Å². The lowest BCUT2D eigenvalue weighted by Gasteiger charge is -2.15. The lowest BCUT2D eigenvalue weighted by Crippen LogP contribution is -2.41. The molecule has 0 bridgehead atoms. The molecule has 0 saturated heterocycles. The number of hydrogen-bond acceptors (Lipinski definition) is 4. The van der Waals surface area contributed by atoms with Crippen LogP contribution in [0.15, 0.2) is 24.3 Å². The number of hydrogen-bond donors (Lipinski definition) is 2. The molecular formula is C16H27ClN2O2S. The smallest absolute Gasteiger partial charge is 0.236 e. The summed E-state index contributed by atoms with van der Waals surface area (Å²) in [4.78, 5) is 11.8. The average Bonchev–Trinajstić information content (AvgIpc) is 2.52. The van der Waals surface area contributed by atoms with E-state index in [1.54, 1.807) is 18.9 Å². The summed E-state index contributed by atoms with van der Waals surface area (Å²) in [6.45, 7) is 2.81. The summed E-state index contributed by atoms with van der Waals surface area (Å²) in [6.07, 6.45) is 3.63. The quantitative estimate of drug-likeness (QED) is 0.721. The third-order valence-corrected chi connectivity index (χ3v) is 4.18. The Morgan fingerprint density at radius 2 is 1.95 bits per heavy atom. The Kier molecular flexibility index (Phi) is 11.1. The molecule has 1 amide bonds. The van der Waals surface area contributed by atoms with Gasteiger partial charge in [-0.05, 0) is 48.5 Å². The van der Waals surface area contributed by atoms with Gasteiger partial charge >= 0.3 is 0 Å².